The van der Waals surface area contributed by atoms with Gasteiger partial charge in [0.1, 0.15) is 12.6 Å². The van der Waals surface area contributed by atoms with E-state index in [1.807, 2.05) is 68.4 Å². The van der Waals surface area contributed by atoms with Crippen molar-refractivity contribution in [1.82, 2.24) is 10.6 Å². The van der Waals surface area contributed by atoms with Gasteiger partial charge in [0.2, 0.25) is 0 Å². The number of carbonyl (C=O) groups excluding carboxylic acids is 3. The van der Waals surface area contributed by atoms with Gasteiger partial charge < -0.3 is 14.8 Å². The first-order valence-electron chi connectivity index (χ1n) is 10.9. The van der Waals surface area contributed by atoms with Crippen molar-refractivity contribution in [3.8, 4) is 0 Å². The maximum atomic E-state index is 13.6. The summed E-state index contributed by atoms with van der Waals surface area (Å²) in [6.45, 7) is 5.84. The number of benzene rings is 2. The van der Waals surface area contributed by atoms with Gasteiger partial charge in [-0.15, -0.1) is 0 Å². The van der Waals surface area contributed by atoms with Gasteiger partial charge in [0.05, 0.1) is 18.7 Å². The third-order valence-corrected chi connectivity index (χ3v) is 5.47. The molecule has 3 rings (SSSR count). The summed E-state index contributed by atoms with van der Waals surface area (Å²) in [5.74, 6) is -0.794. The van der Waals surface area contributed by atoms with Crippen LogP contribution < -0.4 is 10.6 Å². The molecule has 7 heteroatoms. The van der Waals surface area contributed by atoms with Gasteiger partial charge >= 0.3 is 12.1 Å². The summed E-state index contributed by atoms with van der Waals surface area (Å²) in [5, 5.41) is 5.86. The molecule has 1 aliphatic rings. The number of Topliss-reactive ketones (excluding diaryl/α,β-unsaturated/α-hetero) is 1. The highest BCUT2D eigenvalue weighted by Crippen LogP contribution is 2.28. The van der Waals surface area contributed by atoms with Gasteiger partial charge in [-0.25, -0.2) is 4.79 Å². The van der Waals surface area contributed by atoms with Crippen LogP contribution in [0.15, 0.2) is 54.6 Å². The summed E-state index contributed by atoms with van der Waals surface area (Å²) in [6.07, 6.45) is -0.218. The van der Waals surface area contributed by atoms with E-state index in [2.05, 4.69) is 10.6 Å². The summed E-state index contributed by atoms with van der Waals surface area (Å²) in [4.78, 5) is 38.4. The largest absolute Gasteiger partial charge is 0.465 e. The number of rotatable bonds is 8. The van der Waals surface area contributed by atoms with E-state index in [1.165, 1.54) is 0 Å². The first kappa shape index (κ1) is 23.5. The zero-order chi connectivity index (χ0) is 23.1. The fourth-order valence-corrected chi connectivity index (χ4v) is 3.84. The minimum Gasteiger partial charge on any atom is -0.465 e. The van der Waals surface area contributed by atoms with Crippen molar-refractivity contribution in [3.05, 3.63) is 71.3 Å². The third kappa shape index (κ3) is 5.73. The van der Waals surface area contributed by atoms with Crippen LogP contribution in [0.1, 0.15) is 43.5 Å². The molecule has 2 unspecified atom stereocenters. The van der Waals surface area contributed by atoms with Gasteiger partial charge in [-0.05, 0) is 36.0 Å². The zero-order valence-corrected chi connectivity index (χ0v) is 18.7. The quantitative estimate of drug-likeness (QED) is 0.614. The van der Waals surface area contributed by atoms with Gasteiger partial charge in [0.15, 0.2) is 5.78 Å². The molecule has 1 amide bonds. The number of ether oxygens (including phenoxy) is 2. The SMILES string of the molecule is CCOC(=O)C1Cc2ccccc2C(C(=O)[C@@H](NC(=O)OCc2ccccc2)C(C)C)N1. The van der Waals surface area contributed by atoms with Crippen LogP contribution in [-0.2, 0) is 32.1 Å². The van der Waals surface area contributed by atoms with E-state index < -0.39 is 30.2 Å². The summed E-state index contributed by atoms with van der Waals surface area (Å²) in [7, 11) is 0. The number of ketones is 1. The Morgan fingerprint density at radius 1 is 1.03 bits per heavy atom. The molecule has 170 valence electrons. The minimum absolute atomic E-state index is 0.112. The highest BCUT2D eigenvalue weighted by atomic mass is 16.5. The minimum atomic E-state index is -0.787. The molecular formula is C25H30N2O5. The lowest BCUT2D eigenvalue weighted by Crippen LogP contribution is -2.54. The summed E-state index contributed by atoms with van der Waals surface area (Å²) in [6, 6.07) is 14.7. The first-order chi connectivity index (χ1) is 15.4. The Kier molecular flexibility index (Phi) is 8.00. The highest BCUT2D eigenvalue weighted by Gasteiger charge is 2.39. The van der Waals surface area contributed by atoms with Gasteiger partial charge in [0, 0.05) is 0 Å². The Labute approximate surface area is 188 Å². The molecule has 0 aromatic heterocycles. The highest BCUT2D eigenvalue weighted by molar-refractivity contribution is 5.94. The van der Waals surface area contributed by atoms with Crippen molar-refractivity contribution in [2.24, 2.45) is 5.92 Å². The van der Waals surface area contributed by atoms with Crippen LogP contribution in [0.4, 0.5) is 4.79 Å². The van der Waals surface area contributed by atoms with Crippen molar-refractivity contribution in [2.75, 3.05) is 6.61 Å². The molecule has 0 bridgehead atoms. The molecule has 2 aromatic carbocycles. The molecule has 0 radical (unpaired) electrons. The number of hydrogen-bond acceptors (Lipinski definition) is 6. The molecule has 0 saturated heterocycles. The monoisotopic (exact) mass is 438 g/mol. The molecule has 0 saturated carbocycles. The van der Waals surface area contributed by atoms with Crippen LogP contribution in [0.2, 0.25) is 0 Å². The van der Waals surface area contributed by atoms with Crippen LogP contribution >= 0.6 is 0 Å². The van der Waals surface area contributed by atoms with Crippen LogP contribution in [0.3, 0.4) is 0 Å². The molecule has 32 heavy (non-hydrogen) atoms. The second kappa shape index (κ2) is 10.9. The lowest BCUT2D eigenvalue weighted by atomic mass is 9.84. The van der Waals surface area contributed by atoms with Crippen molar-refractivity contribution in [1.29, 1.82) is 0 Å². The second-order valence-corrected chi connectivity index (χ2v) is 8.14. The normalized spacial score (nSPS) is 18.4. The van der Waals surface area contributed by atoms with E-state index in [1.54, 1.807) is 6.92 Å². The first-order valence-corrected chi connectivity index (χ1v) is 10.9. The van der Waals surface area contributed by atoms with E-state index >= 15 is 0 Å². The van der Waals surface area contributed by atoms with Gasteiger partial charge in [-0.1, -0.05) is 68.4 Å². The standard InChI is InChI=1S/C25H30N2O5/c1-4-31-24(29)20-14-18-12-8-9-13-19(18)22(26-20)23(28)21(16(2)3)27-25(30)32-15-17-10-6-5-7-11-17/h5-13,16,20-22,26H,4,14-15H2,1-3H3,(H,27,30)/t20?,21-,22?/m0/s1. The summed E-state index contributed by atoms with van der Waals surface area (Å²) in [5.41, 5.74) is 2.58. The van der Waals surface area contributed by atoms with Gasteiger partial charge in [0.25, 0.3) is 0 Å². The predicted octanol–water partition coefficient (Wildman–Crippen LogP) is 3.33. The number of alkyl carbamates (subject to hydrolysis) is 1. The Bertz CT molecular complexity index is 944. The Morgan fingerprint density at radius 2 is 1.72 bits per heavy atom. The van der Waals surface area contributed by atoms with Crippen LogP contribution in [0, 0.1) is 5.92 Å². The van der Waals surface area contributed by atoms with E-state index in [0.29, 0.717) is 6.42 Å². The van der Waals surface area contributed by atoms with E-state index in [4.69, 9.17) is 9.47 Å². The van der Waals surface area contributed by atoms with Crippen LogP contribution in [-0.4, -0.2) is 36.5 Å². The number of hydrogen-bond donors (Lipinski definition) is 2. The van der Waals surface area contributed by atoms with E-state index in [-0.39, 0.29) is 24.9 Å². The van der Waals surface area contributed by atoms with Crippen LogP contribution in [0.5, 0.6) is 0 Å². The molecule has 3 atom stereocenters. The predicted molar refractivity (Wildman–Crippen MR) is 120 cm³/mol. The fraction of sp³-hybridized carbons (Fsp3) is 0.400. The molecule has 1 heterocycles. The number of carbonyl (C=O) groups is 3. The average molecular weight is 439 g/mol. The Morgan fingerprint density at radius 3 is 2.41 bits per heavy atom. The summed E-state index contributed by atoms with van der Waals surface area (Å²) >= 11 is 0. The number of esters is 1. The zero-order valence-electron chi connectivity index (χ0n) is 18.7. The molecule has 1 aliphatic heterocycles. The van der Waals surface area contributed by atoms with Crippen molar-refractivity contribution in [2.45, 2.75) is 51.9 Å². The topological polar surface area (TPSA) is 93.7 Å². The molecular weight excluding hydrogens is 408 g/mol. The Balaban J connectivity index is 1.75. The molecule has 0 fully saturated rings. The average Bonchev–Trinajstić information content (AvgIpc) is 2.80. The van der Waals surface area contributed by atoms with E-state index in [9.17, 15) is 14.4 Å². The molecule has 2 N–H and O–H groups in total. The number of nitrogens with one attached hydrogen (secondary N) is 2. The molecule has 7 nitrogen and oxygen atoms in total. The molecule has 2 aromatic rings. The smallest absolute Gasteiger partial charge is 0.408 e. The number of fused-ring (bicyclic) bond motifs is 1. The van der Waals surface area contributed by atoms with Crippen molar-refractivity contribution >= 4 is 17.8 Å². The summed E-state index contributed by atoms with van der Waals surface area (Å²) < 4.78 is 10.5. The maximum Gasteiger partial charge on any atom is 0.408 e. The lowest BCUT2D eigenvalue weighted by molar-refractivity contribution is -0.146. The van der Waals surface area contributed by atoms with Crippen molar-refractivity contribution < 1.29 is 23.9 Å². The Hall–Kier alpha value is -3.19. The second-order valence-electron chi connectivity index (χ2n) is 8.14. The van der Waals surface area contributed by atoms with E-state index in [0.717, 1.165) is 16.7 Å². The maximum absolute atomic E-state index is 13.6. The van der Waals surface area contributed by atoms with Crippen molar-refractivity contribution in [3.63, 3.8) is 0 Å². The third-order valence-electron chi connectivity index (χ3n) is 5.47. The van der Waals surface area contributed by atoms with Gasteiger partial charge in [-0.2, -0.15) is 0 Å². The molecule has 0 spiro atoms. The number of amides is 1. The lowest BCUT2D eigenvalue weighted by Gasteiger charge is -2.34. The molecule has 0 aliphatic carbocycles. The van der Waals surface area contributed by atoms with Crippen LogP contribution in [0.25, 0.3) is 0 Å². The van der Waals surface area contributed by atoms with Gasteiger partial charge in [-0.3, -0.25) is 14.9 Å². The fourth-order valence-electron chi connectivity index (χ4n) is 3.84.